The summed E-state index contributed by atoms with van der Waals surface area (Å²) in [5.74, 6) is 0.419. The molecule has 1 aliphatic rings. The van der Waals surface area contributed by atoms with Gasteiger partial charge in [0, 0.05) is 0 Å². The van der Waals surface area contributed by atoms with Crippen molar-refractivity contribution in [2.24, 2.45) is 5.92 Å². The van der Waals surface area contributed by atoms with E-state index in [2.05, 4.69) is 26.8 Å². The Morgan fingerprint density at radius 1 is 1.61 bits per heavy atom. The summed E-state index contributed by atoms with van der Waals surface area (Å²) in [7, 11) is 0. The highest BCUT2D eigenvalue weighted by molar-refractivity contribution is 5.71. The minimum atomic E-state index is -0.506. The molecule has 2 atom stereocenters. The van der Waals surface area contributed by atoms with E-state index in [1.807, 2.05) is 13.8 Å². The van der Waals surface area contributed by atoms with Crippen LogP contribution >= 0.6 is 0 Å². The summed E-state index contributed by atoms with van der Waals surface area (Å²) in [4.78, 5) is 11.6. The maximum Gasteiger partial charge on any atom is 0.309 e. The number of ether oxygens (including phenoxy) is 2. The monoisotopic (exact) mass is 254 g/mol. The Bertz CT molecular complexity index is 320. The first kappa shape index (κ1) is 15.2. The Balaban J connectivity index is 2.68. The summed E-state index contributed by atoms with van der Waals surface area (Å²) in [5, 5.41) is 0. The highest BCUT2D eigenvalue weighted by Crippen LogP contribution is 2.32. The number of rotatable bonds is 5. The van der Waals surface area contributed by atoms with Crippen molar-refractivity contribution in [2.75, 3.05) is 6.61 Å². The third kappa shape index (κ3) is 4.81. The zero-order valence-corrected chi connectivity index (χ0v) is 12.3. The molecule has 0 N–H and O–H groups in total. The van der Waals surface area contributed by atoms with Crippen molar-refractivity contribution in [2.45, 2.75) is 65.6 Å². The summed E-state index contributed by atoms with van der Waals surface area (Å²) in [5.41, 5.74) is 0.799. The molecule has 0 aromatic rings. The van der Waals surface area contributed by atoms with Gasteiger partial charge < -0.3 is 9.47 Å². The molecule has 0 fully saturated rings. The fraction of sp³-hybridized carbons (Fsp3) is 0.800. The van der Waals surface area contributed by atoms with Crippen molar-refractivity contribution < 1.29 is 14.3 Å². The van der Waals surface area contributed by atoms with Crippen LogP contribution in [0.5, 0.6) is 0 Å². The van der Waals surface area contributed by atoms with Crippen LogP contribution < -0.4 is 0 Å². The van der Waals surface area contributed by atoms with E-state index in [1.54, 1.807) is 0 Å². The van der Waals surface area contributed by atoms with Gasteiger partial charge in [0.25, 0.3) is 0 Å². The predicted molar refractivity (Wildman–Crippen MR) is 72.4 cm³/mol. The van der Waals surface area contributed by atoms with E-state index < -0.39 is 5.60 Å². The second kappa shape index (κ2) is 6.37. The van der Waals surface area contributed by atoms with Crippen LogP contribution in [-0.2, 0) is 14.3 Å². The highest BCUT2D eigenvalue weighted by Gasteiger charge is 2.34. The van der Waals surface area contributed by atoms with Crippen LogP contribution in [0.4, 0.5) is 0 Å². The van der Waals surface area contributed by atoms with Gasteiger partial charge in [0.1, 0.15) is 0 Å². The minimum absolute atomic E-state index is 0.186. The van der Waals surface area contributed by atoms with Gasteiger partial charge in [-0.2, -0.15) is 0 Å². The Morgan fingerprint density at radius 2 is 2.28 bits per heavy atom. The molecular weight excluding hydrogens is 228 g/mol. The number of esters is 1. The van der Waals surface area contributed by atoms with Gasteiger partial charge in [0.2, 0.25) is 0 Å². The van der Waals surface area contributed by atoms with Crippen molar-refractivity contribution in [1.29, 1.82) is 0 Å². The Kier molecular flexibility index (Phi) is 5.39. The molecule has 0 spiro atoms. The molecule has 0 saturated carbocycles. The van der Waals surface area contributed by atoms with Gasteiger partial charge in [-0.1, -0.05) is 25.5 Å². The zero-order valence-electron chi connectivity index (χ0n) is 12.3. The van der Waals surface area contributed by atoms with Gasteiger partial charge in [-0.3, -0.25) is 4.79 Å². The fourth-order valence-corrected chi connectivity index (χ4v) is 2.64. The van der Waals surface area contributed by atoms with Gasteiger partial charge in [-0.15, -0.1) is 0 Å². The second-order valence-electron chi connectivity index (χ2n) is 5.86. The molecule has 1 aliphatic heterocycles. The molecule has 0 bridgehead atoms. The lowest BCUT2D eigenvalue weighted by atomic mass is 9.90. The topological polar surface area (TPSA) is 35.5 Å². The maximum atomic E-state index is 11.6. The average Bonchev–Trinajstić information content (AvgIpc) is 2.12. The number of hydrogen-bond acceptors (Lipinski definition) is 3. The lowest BCUT2D eigenvalue weighted by Gasteiger charge is -2.36. The lowest BCUT2D eigenvalue weighted by Crippen LogP contribution is -2.38. The second-order valence-corrected chi connectivity index (χ2v) is 5.86. The molecule has 0 aromatic heterocycles. The summed E-state index contributed by atoms with van der Waals surface area (Å²) >= 11 is 0. The molecule has 104 valence electrons. The van der Waals surface area contributed by atoms with Crippen molar-refractivity contribution >= 4 is 5.97 Å². The Morgan fingerprint density at radius 3 is 2.83 bits per heavy atom. The van der Waals surface area contributed by atoms with Gasteiger partial charge in [-0.05, 0) is 39.5 Å². The van der Waals surface area contributed by atoms with Crippen molar-refractivity contribution in [3.05, 3.63) is 11.6 Å². The quantitative estimate of drug-likeness (QED) is 0.556. The highest BCUT2D eigenvalue weighted by atomic mass is 16.5. The lowest BCUT2D eigenvalue weighted by molar-refractivity contribution is -0.152. The Labute approximate surface area is 111 Å². The van der Waals surface area contributed by atoms with E-state index in [-0.39, 0.29) is 12.1 Å². The molecule has 0 aromatic carbocycles. The van der Waals surface area contributed by atoms with Gasteiger partial charge in [-0.25, -0.2) is 0 Å². The average molecular weight is 254 g/mol. The number of hydrogen-bond donors (Lipinski definition) is 0. The van der Waals surface area contributed by atoms with Crippen LogP contribution in [0, 0.1) is 5.92 Å². The molecule has 0 saturated heterocycles. The van der Waals surface area contributed by atoms with Crippen LogP contribution in [0.2, 0.25) is 0 Å². The van der Waals surface area contributed by atoms with E-state index in [9.17, 15) is 4.79 Å². The summed E-state index contributed by atoms with van der Waals surface area (Å²) in [6.45, 7) is 10.7. The van der Waals surface area contributed by atoms with Crippen molar-refractivity contribution in [3.63, 3.8) is 0 Å². The van der Waals surface area contributed by atoms with E-state index in [0.29, 0.717) is 18.9 Å². The van der Waals surface area contributed by atoms with E-state index in [1.165, 1.54) is 5.57 Å². The molecule has 0 unspecified atom stereocenters. The standard InChI is InChI=1S/C15H26O3/c1-6-17-14(16)10-15(5)9-12(4)8-13(18-15)7-11(2)3/h9,11,13H,6-8,10H2,1-5H3/t13-,15-/m0/s1. The minimum Gasteiger partial charge on any atom is -0.466 e. The van der Waals surface area contributed by atoms with E-state index >= 15 is 0 Å². The third-order valence-corrected chi connectivity index (χ3v) is 3.07. The molecule has 3 nitrogen and oxygen atoms in total. The first-order valence-corrected chi connectivity index (χ1v) is 6.86. The molecule has 1 heterocycles. The zero-order chi connectivity index (χ0) is 13.8. The molecule has 1 rings (SSSR count). The summed E-state index contributed by atoms with van der Waals surface area (Å²) in [6.07, 6.45) is 4.59. The van der Waals surface area contributed by atoms with Crippen molar-refractivity contribution in [3.8, 4) is 0 Å². The predicted octanol–water partition coefficient (Wildman–Crippen LogP) is 3.48. The Hall–Kier alpha value is -0.830. The summed E-state index contributed by atoms with van der Waals surface area (Å²) < 4.78 is 11.1. The van der Waals surface area contributed by atoms with Crippen LogP contribution in [0.15, 0.2) is 11.6 Å². The molecule has 3 heteroatoms. The largest absolute Gasteiger partial charge is 0.466 e. The number of carbonyl (C=O) groups excluding carboxylic acids is 1. The normalized spacial score (nSPS) is 28.1. The third-order valence-electron chi connectivity index (χ3n) is 3.07. The fourth-order valence-electron chi connectivity index (χ4n) is 2.64. The number of carbonyl (C=O) groups is 1. The molecule has 0 radical (unpaired) electrons. The van der Waals surface area contributed by atoms with Gasteiger partial charge in [0.05, 0.1) is 24.7 Å². The van der Waals surface area contributed by atoms with E-state index in [4.69, 9.17) is 9.47 Å². The van der Waals surface area contributed by atoms with Gasteiger partial charge in [0.15, 0.2) is 0 Å². The SMILES string of the molecule is CCOC(=O)C[C@]1(C)C=C(C)C[C@H](CC(C)C)O1. The first-order valence-electron chi connectivity index (χ1n) is 6.86. The molecule has 18 heavy (non-hydrogen) atoms. The van der Waals surface area contributed by atoms with Crippen LogP contribution in [0.3, 0.4) is 0 Å². The molecule has 0 aliphatic carbocycles. The summed E-state index contributed by atoms with van der Waals surface area (Å²) in [6, 6.07) is 0. The van der Waals surface area contributed by atoms with E-state index in [0.717, 1.165) is 12.8 Å². The first-order chi connectivity index (χ1) is 8.34. The molecular formula is C15H26O3. The van der Waals surface area contributed by atoms with Crippen molar-refractivity contribution in [1.82, 2.24) is 0 Å². The van der Waals surface area contributed by atoms with Crippen LogP contribution in [0.1, 0.15) is 53.9 Å². The maximum absolute atomic E-state index is 11.6. The van der Waals surface area contributed by atoms with Crippen LogP contribution in [-0.4, -0.2) is 24.3 Å². The molecule has 0 amide bonds. The smallest absolute Gasteiger partial charge is 0.309 e. The van der Waals surface area contributed by atoms with Gasteiger partial charge >= 0.3 is 5.97 Å². The van der Waals surface area contributed by atoms with Crippen LogP contribution in [0.25, 0.3) is 0 Å².